The summed E-state index contributed by atoms with van der Waals surface area (Å²) in [5, 5.41) is 0. The third-order valence-electron chi connectivity index (χ3n) is 1.92. The molecule has 0 radical (unpaired) electrons. The van der Waals surface area contributed by atoms with E-state index in [1.165, 1.54) is 0 Å². The van der Waals surface area contributed by atoms with E-state index >= 15 is 0 Å². The molecule has 1 aromatic rings. The van der Waals surface area contributed by atoms with E-state index in [2.05, 4.69) is 4.18 Å². The Morgan fingerprint density at radius 2 is 1.68 bits per heavy atom. The van der Waals surface area contributed by atoms with Crippen LogP contribution in [0.3, 0.4) is 0 Å². The molecule has 0 aromatic heterocycles. The quantitative estimate of drug-likeness (QED) is 0.414. The van der Waals surface area contributed by atoms with Gasteiger partial charge in [0, 0.05) is 6.54 Å². The van der Waals surface area contributed by atoms with Crippen molar-refractivity contribution in [2.75, 3.05) is 0 Å². The van der Waals surface area contributed by atoms with Crippen LogP contribution in [0.5, 0.6) is 5.75 Å². The number of nitrogens with two attached hydrogens (primary N) is 1. The number of hydrogen-bond acceptors (Lipinski definition) is 4. The zero-order valence-corrected chi connectivity index (χ0v) is 13.9. The average molecular weight is 325 g/mol. The van der Waals surface area contributed by atoms with Crippen LogP contribution < -0.4 is 61.3 Å². The molecular weight excluding hydrogens is 316 g/mol. The van der Waals surface area contributed by atoms with Crippen LogP contribution in [0.25, 0.3) is 0 Å². The Bertz CT molecular complexity index is 537. The Hall–Kier alpha value is 0.351. The molecule has 11 heteroatoms. The van der Waals surface area contributed by atoms with Gasteiger partial charge in [0.25, 0.3) is 0 Å². The molecule has 0 saturated carbocycles. The third-order valence-corrected chi connectivity index (χ3v) is 2.32. The predicted octanol–water partition coefficient (Wildman–Crippen LogP) is -1.33. The second-order valence-corrected chi connectivity index (χ2v) is 4.53. The molecule has 1 rings (SSSR count). The molecular formula is C8H9BF4KNO3S. The first-order chi connectivity index (χ1) is 8.09. The van der Waals surface area contributed by atoms with Gasteiger partial charge in [-0.25, -0.2) is 0 Å². The zero-order chi connectivity index (χ0) is 14.0. The van der Waals surface area contributed by atoms with E-state index in [0.29, 0.717) is 0 Å². The topological polar surface area (TPSA) is 69.4 Å². The Balaban J connectivity index is 0.00000324. The van der Waals surface area contributed by atoms with Crippen LogP contribution in [0.15, 0.2) is 18.2 Å². The minimum Gasteiger partial charge on any atom is -0.449 e. The minimum atomic E-state index is -5.28. The van der Waals surface area contributed by atoms with Gasteiger partial charge in [-0.2, -0.15) is 8.42 Å². The van der Waals surface area contributed by atoms with Crippen LogP contribution in [-0.2, 0) is 23.4 Å². The fraction of sp³-hybridized carbons (Fsp3) is 0.250. The molecule has 0 saturated heterocycles. The fourth-order valence-electron chi connectivity index (χ4n) is 1.39. The Labute approximate surface area is 150 Å². The molecule has 102 valence electrons. The van der Waals surface area contributed by atoms with E-state index in [4.69, 9.17) is 5.73 Å². The molecule has 2 N–H and O–H groups in total. The number of hydrogen-bond donors (Lipinski definition) is 1. The maximum Gasteiger partial charge on any atom is 1.00 e. The van der Waals surface area contributed by atoms with Crippen molar-refractivity contribution in [3.63, 3.8) is 0 Å². The summed E-state index contributed by atoms with van der Waals surface area (Å²) in [6.07, 6.45) is -1.23. The summed E-state index contributed by atoms with van der Waals surface area (Å²) in [5.74, 6) is -0.532. The Morgan fingerprint density at radius 3 is 2.11 bits per heavy atom. The van der Waals surface area contributed by atoms with Gasteiger partial charge in [0.15, 0.2) is 0 Å². The molecule has 0 aliphatic heterocycles. The summed E-state index contributed by atoms with van der Waals surface area (Å²) in [6, 6.07) is 3.03. The molecule has 19 heavy (non-hydrogen) atoms. The molecule has 0 unspecified atom stereocenters. The Morgan fingerprint density at radius 1 is 1.16 bits per heavy atom. The second kappa shape index (κ2) is 7.39. The largest absolute Gasteiger partial charge is 1.00 e. The first kappa shape index (κ1) is 19.4. The summed E-state index contributed by atoms with van der Waals surface area (Å²) in [4.78, 5) is 0. The number of halogens is 4. The average Bonchev–Trinajstić information content (AvgIpc) is 2.11. The van der Waals surface area contributed by atoms with Gasteiger partial charge in [-0.1, -0.05) is 21.8 Å². The standard InChI is InChI=1S/C8H9BF4NO3S.K/c10-9(11,12)4-6-1-7(5-14)3-8(2-6)17-18(13,15)16;/h1-3H,4-5,14H2;/q-1;+1. The van der Waals surface area contributed by atoms with Crippen molar-refractivity contribution >= 4 is 17.5 Å². The van der Waals surface area contributed by atoms with E-state index < -0.39 is 29.6 Å². The van der Waals surface area contributed by atoms with Crippen LogP contribution in [0.4, 0.5) is 16.8 Å². The first-order valence-electron chi connectivity index (χ1n) is 4.77. The van der Waals surface area contributed by atoms with Crippen LogP contribution in [0, 0.1) is 0 Å². The van der Waals surface area contributed by atoms with Crippen molar-refractivity contribution in [3.05, 3.63) is 29.3 Å². The maximum absolute atomic E-state index is 12.3. The molecule has 0 atom stereocenters. The molecule has 1 aromatic carbocycles. The zero-order valence-electron chi connectivity index (χ0n) is 9.95. The van der Waals surface area contributed by atoms with Crippen molar-refractivity contribution in [2.45, 2.75) is 12.9 Å². The van der Waals surface area contributed by atoms with E-state index in [9.17, 15) is 25.3 Å². The summed E-state index contributed by atoms with van der Waals surface area (Å²) >= 11 is 0. The molecule has 4 nitrogen and oxygen atoms in total. The van der Waals surface area contributed by atoms with Crippen molar-refractivity contribution < 1.29 is 80.8 Å². The SMILES string of the molecule is NCc1cc(C[B-](F)(F)F)cc(OS(=O)(=O)F)c1.[K+]. The van der Waals surface area contributed by atoms with Gasteiger partial charge < -0.3 is 22.9 Å². The smallest absolute Gasteiger partial charge is 0.449 e. The molecule has 0 heterocycles. The van der Waals surface area contributed by atoms with Crippen molar-refractivity contribution in [1.82, 2.24) is 0 Å². The number of rotatable bonds is 5. The van der Waals surface area contributed by atoms with E-state index in [1.54, 1.807) is 0 Å². The second-order valence-electron chi connectivity index (χ2n) is 3.58. The van der Waals surface area contributed by atoms with E-state index in [-0.39, 0.29) is 69.1 Å². The van der Waals surface area contributed by atoms with Crippen LogP contribution in [0.1, 0.15) is 11.1 Å². The van der Waals surface area contributed by atoms with Crippen LogP contribution >= 0.6 is 0 Å². The molecule has 0 spiro atoms. The fourth-order valence-corrected chi connectivity index (χ4v) is 1.72. The van der Waals surface area contributed by atoms with E-state index in [0.717, 1.165) is 18.2 Å². The molecule has 0 amide bonds. The molecule has 0 aliphatic carbocycles. The van der Waals surface area contributed by atoms with Crippen molar-refractivity contribution in [2.24, 2.45) is 5.73 Å². The van der Waals surface area contributed by atoms with Gasteiger partial charge in [0.05, 0.1) is 0 Å². The Kier molecular flexibility index (Phi) is 7.52. The minimum absolute atomic E-state index is 0. The summed E-state index contributed by atoms with van der Waals surface area (Å²) in [6.45, 7) is -5.22. The molecule has 0 bridgehead atoms. The monoisotopic (exact) mass is 325 g/mol. The van der Waals surface area contributed by atoms with Crippen molar-refractivity contribution in [1.29, 1.82) is 0 Å². The number of benzene rings is 1. The van der Waals surface area contributed by atoms with Gasteiger partial charge in [-0.3, -0.25) is 0 Å². The first-order valence-corrected chi connectivity index (χ1v) is 6.08. The van der Waals surface area contributed by atoms with Gasteiger partial charge in [-0.15, -0.1) is 0 Å². The van der Waals surface area contributed by atoms with E-state index in [1.807, 2.05) is 0 Å². The third kappa shape index (κ3) is 8.27. The molecule has 0 aliphatic rings. The summed E-state index contributed by atoms with van der Waals surface area (Å²) < 4.78 is 73.4. The van der Waals surface area contributed by atoms with Gasteiger partial charge >= 0.3 is 68.9 Å². The van der Waals surface area contributed by atoms with Crippen LogP contribution in [-0.4, -0.2) is 15.4 Å². The van der Waals surface area contributed by atoms with Gasteiger partial charge in [0.1, 0.15) is 5.75 Å². The predicted molar refractivity (Wildman–Crippen MR) is 57.8 cm³/mol. The summed E-state index contributed by atoms with van der Waals surface area (Å²) in [5.41, 5.74) is 5.22. The van der Waals surface area contributed by atoms with Crippen molar-refractivity contribution in [3.8, 4) is 5.75 Å². The normalized spacial score (nSPS) is 11.8. The maximum atomic E-state index is 12.3. The summed E-state index contributed by atoms with van der Waals surface area (Å²) in [7, 11) is -5.28. The van der Waals surface area contributed by atoms with Gasteiger partial charge in [0.2, 0.25) is 0 Å². The van der Waals surface area contributed by atoms with Gasteiger partial charge in [-0.05, 0) is 17.7 Å². The molecule has 0 fully saturated rings. The van der Waals surface area contributed by atoms with Crippen LogP contribution in [0.2, 0.25) is 0 Å².